The fourth-order valence-corrected chi connectivity index (χ4v) is 6.73. The van der Waals surface area contributed by atoms with E-state index in [2.05, 4.69) is 77.5 Å². The van der Waals surface area contributed by atoms with E-state index in [0.717, 1.165) is 31.3 Å². The third-order valence-corrected chi connectivity index (χ3v) is 8.83. The Morgan fingerprint density at radius 2 is 1.74 bits per heavy atom. The lowest BCUT2D eigenvalue weighted by molar-refractivity contribution is -0.0637. The molecule has 0 bridgehead atoms. The predicted octanol–water partition coefficient (Wildman–Crippen LogP) is 5.25. The van der Waals surface area contributed by atoms with Crippen molar-refractivity contribution in [3.63, 3.8) is 0 Å². The Bertz CT molecular complexity index is 926. The van der Waals surface area contributed by atoms with Crippen LogP contribution in [0, 0.1) is 5.41 Å². The van der Waals surface area contributed by atoms with Crippen LogP contribution in [-0.4, -0.2) is 62.2 Å². The van der Waals surface area contributed by atoms with Gasteiger partial charge in [-0.3, -0.25) is 9.80 Å². The molecule has 2 aliphatic heterocycles. The Morgan fingerprint density at radius 3 is 2.44 bits per heavy atom. The first-order chi connectivity index (χ1) is 16.6. The van der Waals surface area contributed by atoms with Gasteiger partial charge in [0.2, 0.25) is 0 Å². The molecule has 1 aliphatic carbocycles. The van der Waals surface area contributed by atoms with Crippen molar-refractivity contribution in [3.8, 4) is 5.75 Å². The van der Waals surface area contributed by atoms with Crippen LogP contribution in [-0.2, 0) is 6.42 Å². The Labute approximate surface area is 206 Å². The second-order valence-electron chi connectivity index (χ2n) is 11.2. The highest BCUT2D eigenvalue weighted by Gasteiger charge is 2.49. The van der Waals surface area contributed by atoms with Crippen molar-refractivity contribution in [1.29, 1.82) is 0 Å². The number of benzene rings is 2. The molecule has 1 unspecified atom stereocenters. The summed E-state index contributed by atoms with van der Waals surface area (Å²) in [5.74, 6) is 1.50. The fraction of sp³-hybridized carbons (Fsp3) is 0.600. The summed E-state index contributed by atoms with van der Waals surface area (Å²) in [5.41, 5.74) is 5.13. The molecular weight excluding hydrogens is 418 g/mol. The predicted molar refractivity (Wildman–Crippen MR) is 141 cm³/mol. The minimum Gasteiger partial charge on any atom is -0.497 e. The number of piperidine rings is 1. The van der Waals surface area contributed by atoms with Crippen molar-refractivity contribution in [3.05, 3.63) is 65.2 Å². The van der Waals surface area contributed by atoms with E-state index in [0.29, 0.717) is 17.4 Å². The molecule has 1 spiro atoms. The van der Waals surface area contributed by atoms with Crippen LogP contribution in [0.3, 0.4) is 0 Å². The van der Waals surface area contributed by atoms with Crippen LogP contribution in [0.4, 0.5) is 0 Å². The van der Waals surface area contributed by atoms with Crippen LogP contribution in [0.25, 0.3) is 0 Å². The number of nitrogens with one attached hydrogen (secondary N) is 1. The zero-order chi connectivity index (χ0) is 23.5. The van der Waals surface area contributed by atoms with E-state index in [1.54, 1.807) is 12.7 Å². The maximum Gasteiger partial charge on any atom is 0.118 e. The number of hydrogen-bond donors (Lipinski definition) is 1. The summed E-state index contributed by atoms with van der Waals surface area (Å²) < 4.78 is 5.33. The topological polar surface area (TPSA) is 27.7 Å². The molecule has 1 atom stereocenters. The van der Waals surface area contributed by atoms with Gasteiger partial charge in [0.1, 0.15) is 5.75 Å². The standard InChI is InChI=1S/C30H43N3O/c1-23(2)27-6-4-5-7-28(27)29-22-32(17-12-24-8-10-26(34-3)11-9-24)18-19-33(29)25-20-30(21-25)13-15-31-16-14-30/h4-11,23,25,29,31H,12-22H2,1-3H3. The highest BCUT2D eigenvalue weighted by molar-refractivity contribution is 5.34. The van der Waals surface area contributed by atoms with Crippen LogP contribution in [0.2, 0.25) is 0 Å². The Hall–Kier alpha value is -1.88. The Morgan fingerprint density at radius 1 is 1.00 bits per heavy atom. The van der Waals surface area contributed by atoms with Gasteiger partial charge in [0.15, 0.2) is 0 Å². The Balaban J connectivity index is 1.30. The lowest BCUT2D eigenvalue weighted by Gasteiger charge is -2.57. The van der Waals surface area contributed by atoms with E-state index in [1.165, 1.54) is 63.0 Å². The van der Waals surface area contributed by atoms with Gasteiger partial charge in [0.25, 0.3) is 0 Å². The van der Waals surface area contributed by atoms with Crippen molar-refractivity contribution in [2.75, 3.05) is 46.4 Å². The van der Waals surface area contributed by atoms with Gasteiger partial charge in [-0.1, -0.05) is 50.2 Å². The average molecular weight is 462 g/mol. The summed E-state index contributed by atoms with van der Waals surface area (Å²) in [6, 6.07) is 19.1. The van der Waals surface area contributed by atoms with E-state index < -0.39 is 0 Å². The van der Waals surface area contributed by atoms with Gasteiger partial charge >= 0.3 is 0 Å². The first-order valence-electron chi connectivity index (χ1n) is 13.5. The summed E-state index contributed by atoms with van der Waals surface area (Å²) in [6.45, 7) is 11.8. The van der Waals surface area contributed by atoms with Crippen molar-refractivity contribution in [2.45, 2.75) is 64.0 Å². The van der Waals surface area contributed by atoms with Gasteiger partial charge in [-0.15, -0.1) is 0 Å². The van der Waals surface area contributed by atoms with E-state index in [-0.39, 0.29) is 0 Å². The molecule has 0 amide bonds. The first-order valence-corrected chi connectivity index (χ1v) is 13.5. The summed E-state index contributed by atoms with van der Waals surface area (Å²) in [4.78, 5) is 5.61. The third kappa shape index (κ3) is 5.05. The van der Waals surface area contributed by atoms with Crippen molar-refractivity contribution in [1.82, 2.24) is 15.1 Å². The third-order valence-electron chi connectivity index (χ3n) is 8.83. The number of ether oxygens (including phenoxy) is 1. The van der Waals surface area contributed by atoms with Gasteiger partial charge in [-0.2, -0.15) is 0 Å². The summed E-state index contributed by atoms with van der Waals surface area (Å²) in [7, 11) is 1.73. The molecule has 3 fully saturated rings. The van der Waals surface area contributed by atoms with Gasteiger partial charge < -0.3 is 10.1 Å². The van der Waals surface area contributed by atoms with Crippen LogP contribution in [0.1, 0.15) is 68.2 Å². The van der Waals surface area contributed by atoms with Crippen LogP contribution in [0.5, 0.6) is 5.75 Å². The van der Waals surface area contributed by atoms with Crippen molar-refractivity contribution < 1.29 is 4.74 Å². The lowest BCUT2D eigenvalue weighted by atomic mass is 9.60. The molecule has 184 valence electrons. The number of rotatable bonds is 7. The maximum absolute atomic E-state index is 5.33. The number of hydrogen-bond acceptors (Lipinski definition) is 4. The minimum absolute atomic E-state index is 0.507. The highest BCUT2D eigenvalue weighted by atomic mass is 16.5. The number of methoxy groups -OCH3 is 1. The molecule has 2 aromatic carbocycles. The minimum atomic E-state index is 0.507. The molecule has 2 saturated heterocycles. The zero-order valence-corrected chi connectivity index (χ0v) is 21.4. The molecule has 2 heterocycles. The summed E-state index contributed by atoms with van der Waals surface area (Å²) in [6.07, 6.45) is 6.65. The Kier molecular flexibility index (Phi) is 7.29. The quantitative estimate of drug-likeness (QED) is 0.609. The van der Waals surface area contributed by atoms with Gasteiger partial charge in [0, 0.05) is 38.3 Å². The molecule has 4 nitrogen and oxygen atoms in total. The summed E-state index contributed by atoms with van der Waals surface area (Å²) >= 11 is 0. The first kappa shape index (κ1) is 23.8. The molecule has 0 radical (unpaired) electrons. The van der Waals surface area contributed by atoms with Gasteiger partial charge in [0.05, 0.1) is 7.11 Å². The largest absolute Gasteiger partial charge is 0.497 e. The fourth-order valence-electron chi connectivity index (χ4n) is 6.73. The number of nitrogens with zero attached hydrogens (tertiary/aromatic N) is 2. The highest BCUT2D eigenvalue weighted by Crippen LogP contribution is 2.52. The molecule has 2 aromatic rings. The SMILES string of the molecule is COc1ccc(CCN2CCN(C3CC4(CCNCC4)C3)C(c3ccccc3C(C)C)C2)cc1. The summed E-state index contributed by atoms with van der Waals surface area (Å²) in [5, 5.41) is 3.57. The maximum atomic E-state index is 5.33. The van der Waals surface area contributed by atoms with Crippen molar-refractivity contribution >= 4 is 0 Å². The smallest absolute Gasteiger partial charge is 0.118 e. The molecule has 1 N–H and O–H groups in total. The molecule has 4 heteroatoms. The molecule has 0 aromatic heterocycles. The molecule has 5 rings (SSSR count). The monoisotopic (exact) mass is 461 g/mol. The van der Waals surface area contributed by atoms with Gasteiger partial charge in [-0.05, 0) is 85.3 Å². The van der Waals surface area contributed by atoms with Crippen molar-refractivity contribution in [2.24, 2.45) is 5.41 Å². The van der Waals surface area contributed by atoms with E-state index >= 15 is 0 Å². The van der Waals surface area contributed by atoms with E-state index in [9.17, 15) is 0 Å². The van der Waals surface area contributed by atoms with E-state index in [4.69, 9.17) is 4.74 Å². The van der Waals surface area contributed by atoms with Gasteiger partial charge in [-0.25, -0.2) is 0 Å². The zero-order valence-electron chi connectivity index (χ0n) is 21.4. The lowest BCUT2D eigenvalue weighted by Crippen LogP contribution is -2.59. The average Bonchev–Trinajstić information content (AvgIpc) is 2.86. The second kappa shape index (κ2) is 10.4. The van der Waals surface area contributed by atoms with Crippen LogP contribution >= 0.6 is 0 Å². The molecule has 1 saturated carbocycles. The normalized spacial score (nSPS) is 23.8. The van der Waals surface area contributed by atoms with Crippen LogP contribution in [0.15, 0.2) is 48.5 Å². The van der Waals surface area contributed by atoms with Crippen LogP contribution < -0.4 is 10.1 Å². The second-order valence-corrected chi connectivity index (χ2v) is 11.2. The molecule has 34 heavy (non-hydrogen) atoms. The molecular formula is C30H43N3O. The van der Waals surface area contributed by atoms with E-state index in [1.807, 2.05) is 0 Å². The number of piperazine rings is 1. The molecule has 3 aliphatic rings.